The summed E-state index contributed by atoms with van der Waals surface area (Å²) in [5, 5.41) is -0.274. The van der Waals surface area contributed by atoms with E-state index in [-0.39, 0.29) is 5.38 Å². The minimum absolute atomic E-state index is 0.274. The van der Waals surface area contributed by atoms with Gasteiger partial charge in [-0.25, -0.2) is 0 Å². The van der Waals surface area contributed by atoms with E-state index in [1.54, 1.807) is 0 Å². The van der Waals surface area contributed by atoms with Crippen LogP contribution in [0.1, 0.15) is 22.1 Å². The highest BCUT2D eigenvalue weighted by molar-refractivity contribution is 9.10. The summed E-state index contributed by atoms with van der Waals surface area (Å²) in [6.45, 7) is 3.19. The minimum atomic E-state index is -0.274. The zero-order valence-electron chi connectivity index (χ0n) is 11.3. The number of rotatable bonds is 2. The molecule has 1 atom stereocenters. The lowest BCUT2D eigenvalue weighted by atomic mass is 10.0. The zero-order chi connectivity index (χ0) is 15.0. The maximum absolute atomic E-state index is 6.70. The number of aryl methyl sites for hydroxylation is 1. The number of alkyl halides is 1. The third kappa shape index (κ3) is 2.94. The van der Waals surface area contributed by atoms with Crippen molar-refractivity contribution in [3.05, 3.63) is 56.0 Å². The summed E-state index contributed by atoms with van der Waals surface area (Å²) in [6.07, 6.45) is 0. The highest BCUT2D eigenvalue weighted by Gasteiger charge is 2.22. The summed E-state index contributed by atoms with van der Waals surface area (Å²) in [5.74, 6) is 1.50. The quantitative estimate of drug-likeness (QED) is 0.574. The predicted octanol–water partition coefficient (Wildman–Crippen LogP) is 5.62. The summed E-state index contributed by atoms with van der Waals surface area (Å²) < 4.78 is 13.2. The van der Waals surface area contributed by atoms with Gasteiger partial charge in [0, 0.05) is 8.95 Å². The molecule has 0 bridgehead atoms. The summed E-state index contributed by atoms with van der Waals surface area (Å²) in [5.41, 5.74) is 3.16. The van der Waals surface area contributed by atoms with Crippen molar-refractivity contribution in [1.82, 2.24) is 0 Å². The van der Waals surface area contributed by atoms with E-state index in [9.17, 15) is 0 Å². The van der Waals surface area contributed by atoms with Crippen LogP contribution in [-0.2, 0) is 0 Å². The fraction of sp³-hybridized carbons (Fsp3) is 0.250. The second-order valence-corrected chi connectivity index (χ2v) is 6.94. The number of fused-ring (bicyclic) bond motifs is 1. The van der Waals surface area contributed by atoms with Gasteiger partial charge < -0.3 is 9.47 Å². The molecule has 0 spiro atoms. The van der Waals surface area contributed by atoms with E-state index in [1.165, 1.54) is 0 Å². The maximum atomic E-state index is 6.70. The van der Waals surface area contributed by atoms with Gasteiger partial charge in [-0.2, -0.15) is 0 Å². The van der Waals surface area contributed by atoms with E-state index in [0.29, 0.717) is 13.2 Å². The van der Waals surface area contributed by atoms with Gasteiger partial charge in [-0.3, -0.25) is 0 Å². The Balaban J connectivity index is 2.05. The molecule has 0 radical (unpaired) electrons. The first-order chi connectivity index (χ1) is 10.1. The molecule has 1 aliphatic heterocycles. The van der Waals surface area contributed by atoms with E-state index in [1.807, 2.05) is 24.3 Å². The monoisotopic (exact) mass is 430 g/mol. The molecule has 0 aliphatic carbocycles. The lowest BCUT2D eigenvalue weighted by Crippen LogP contribution is -2.15. The number of hydrogen-bond acceptors (Lipinski definition) is 2. The Bertz CT molecular complexity index is 688. The molecule has 3 rings (SSSR count). The van der Waals surface area contributed by atoms with Gasteiger partial charge in [0.2, 0.25) is 0 Å². The molecule has 5 heteroatoms. The van der Waals surface area contributed by atoms with E-state index in [0.717, 1.165) is 37.1 Å². The average Bonchev–Trinajstić information content (AvgIpc) is 2.48. The molecule has 0 fully saturated rings. The second kappa shape index (κ2) is 6.19. The van der Waals surface area contributed by atoms with Crippen molar-refractivity contribution >= 4 is 43.5 Å². The lowest BCUT2D eigenvalue weighted by molar-refractivity contribution is 0.171. The molecule has 0 amide bonds. The molecule has 2 aromatic rings. The smallest absolute Gasteiger partial charge is 0.162 e. The van der Waals surface area contributed by atoms with Crippen molar-refractivity contribution < 1.29 is 9.47 Å². The fourth-order valence-corrected chi connectivity index (χ4v) is 3.98. The molecule has 0 N–H and O–H groups in total. The standard InChI is InChI=1S/C16H13Br2ClO2/c1-9-3-2-4-10(15(9)18)16(19)11-7-13-14(8-12(11)17)21-6-5-20-13/h2-4,7-8,16H,5-6H2,1H3. The van der Waals surface area contributed by atoms with Crippen LogP contribution < -0.4 is 9.47 Å². The van der Waals surface area contributed by atoms with Crippen LogP contribution in [0.4, 0.5) is 0 Å². The summed E-state index contributed by atoms with van der Waals surface area (Å²) in [7, 11) is 0. The lowest BCUT2D eigenvalue weighted by Gasteiger charge is -2.22. The third-order valence-corrected chi connectivity index (χ3v) is 5.67. The van der Waals surface area contributed by atoms with Crippen molar-refractivity contribution in [2.24, 2.45) is 0 Å². The summed E-state index contributed by atoms with van der Waals surface area (Å²) in [6, 6.07) is 9.96. The van der Waals surface area contributed by atoms with Crippen LogP contribution >= 0.6 is 43.5 Å². The van der Waals surface area contributed by atoms with Gasteiger partial charge in [-0.05, 0) is 35.7 Å². The normalized spacial score (nSPS) is 14.9. The molecule has 110 valence electrons. The molecule has 1 unspecified atom stereocenters. The number of ether oxygens (including phenoxy) is 2. The van der Waals surface area contributed by atoms with Gasteiger partial charge in [0.05, 0.1) is 5.38 Å². The number of halogens is 3. The van der Waals surface area contributed by atoms with Gasteiger partial charge in [-0.15, -0.1) is 11.6 Å². The molecule has 2 nitrogen and oxygen atoms in total. The van der Waals surface area contributed by atoms with E-state index in [4.69, 9.17) is 21.1 Å². The molecule has 21 heavy (non-hydrogen) atoms. The van der Waals surface area contributed by atoms with E-state index < -0.39 is 0 Å². The highest BCUT2D eigenvalue weighted by Crippen LogP contribution is 2.43. The van der Waals surface area contributed by atoms with Crippen molar-refractivity contribution in [3.63, 3.8) is 0 Å². The van der Waals surface area contributed by atoms with Crippen LogP contribution in [0.2, 0.25) is 0 Å². The highest BCUT2D eigenvalue weighted by atomic mass is 79.9. The Morgan fingerprint density at radius 2 is 1.71 bits per heavy atom. The third-order valence-electron chi connectivity index (χ3n) is 3.43. The van der Waals surface area contributed by atoms with Crippen LogP contribution in [0.25, 0.3) is 0 Å². The summed E-state index contributed by atoms with van der Waals surface area (Å²) in [4.78, 5) is 0. The van der Waals surface area contributed by atoms with Crippen LogP contribution in [0, 0.1) is 6.92 Å². The molecule has 0 saturated carbocycles. The van der Waals surface area contributed by atoms with Gasteiger partial charge in [0.25, 0.3) is 0 Å². The Hall–Kier alpha value is -0.710. The zero-order valence-corrected chi connectivity index (χ0v) is 15.3. The average molecular weight is 433 g/mol. The first kappa shape index (κ1) is 15.2. The Morgan fingerprint density at radius 1 is 1.05 bits per heavy atom. The predicted molar refractivity (Wildman–Crippen MR) is 91.7 cm³/mol. The number of hydrogen-bond donors (Lipinski definition) is 0. The molecule has 0 saturated heterocycles. The second-order valence-electron chi connectivity index (χ2n) is 4.86. The van der Waals surface area contributed by atoms with Crippen molar-refractivity contribution in [3.8, 4) is 11.5 Å². The maximum Gasteiger partial charge on any atom is 0.162 e. The Morgan fingerprint density at radius 3 is 2.43 bits per heavy atom. The van der Waals surface area contributed by atoms with Gasteiger partial charge >= 0.3 is 0 Å². The number of benzene rings is 2. The summed E-state index contributed by atoms with van der Waals surface area (Å²) >= 11 is 13.9. The van der Waals surface area contributed by atoms with Crippen LogP contribution in [0.5, 0.6) is 11.5 Å². The van der Waals surface area contributed by atoms with Crippen LogP contribution in [0.15, 0.2) is 39.3 Å². The van der Waals surface area contributed by atoms with E-state index >= 15 is 0 Å². The Labute approximate surface area is 145 Å². The molecule has 2 aromatic carbocycles. The van der Waals surface area contributed by atoms with Gasteiger partial charge in [0.15, 0.2) is 11.5 Å². The molecular formula is C16H13Br2ClO2. The topological polar surface area (TPSA) is 18.5 Å². The van der Waals surface area contributed by atoms with Gasteiger partial charge in [0.1, 0.15) is 13.2 Å². The van der Waals surface area contributed by atoms with Crippen LogP contribution in [0.3, 0.4) is 0 Å². The molecule has 1 heterocycles. The fourth-order valence-electron chi connectivity index (χ4n) is 2.31. The molecule has 0 aromatic heterocycles. The van der Waals surface area contributed by atoms with E-state index in [2.05, 4.69) is 44.8 Å². The van der Waals surface area contributed by atoms with Gasteiger partial charge in [-0.1, -0.05) is 50.1 Å². The first-order valence-corrected chi connectivity index (χ1v) is 8.58. The van der Waals surface area contributed by atoms with Crippen LogP contribution in [-0.4, -0.2) is 13.2 Å². The van der Waals surface area contributed by atoms with Crippen molar-refractivity contribution in [2.45, 2.75) is 12.3 Å². The van der Waals surface area contributed by atoms with Crippen molar-refractivity contribution in [2.75, 3.05) is 13.2 Å². The Kier molecular flexibility index (Phi) is 4.48. The minimum Gasteiger partial charge on any atom is -0.486 e. The molecular weight excluding hydrogens is 419 g/mol. The first-order valence-electron chi connectivity index (χ1n) is 6.56. The largest absolute Gasteiger partial charge is 0.486 e. The van der Waals surface area contributed by atoms with Crippen molar-refractivity contribution in [1.29, 1.82) is 0 Å². The SMILES string of the molecule is Cc1cccc(C(Cl)c2cc3c(cc2Br)OCCO3)c1Br. The molecule has 1 aliphatic rings.